The topological polar surface area (TPSA) is 38.7 Å². The summed E-state index contributed by atoms with van der Waals surface area (Å²) < 4.78 is 136. The predicted octanol–water partition coefficient (Wildman–Crippen LogP) is 13.3. The molecule has 252 valence electrons. The van der Waals surface area contributed by atoms with Gasteiger partial charge in [-0.2, -0.15) is 0 Å². The maximum atomic E-state index is 9.78. The first-order valence-electron chi connectivity index (χ1n) is 24.6. The van der Waals surface area contributed by atoms with Crippen LogP contribution in [0.2, 0.25) is 0 Å². The van der Waals surface area contributed by atoms with Crippen molar-refractivity contribution in [2.75, 3.05) is 0 Å². The minimum Gasteiger partial charge on any atom is -0.208 e. The molecule has 9 aromatic carbocycles. The molecule has 0 fully saturated rings. The van der Waals surface area contributed by atoms with Crippen molar-refractivity contribution in [2.45, 2.75) is 0 Å². The summed E-state index contributed by atoms with van der Waals surface area (Å²) in [6, 6.07) is 23.5. The fourth-order valence-corrected chi connectivity index (χ4v) is 6.61. The molecule has 0 bridgehead atoms. The number of hydrogen-bond donors (Lipinski definition) is 0. The second-order valence-corrected chi connectivity index (χ2v) is 12.4. The van der Waals surface area contributed by atoms with Crippen molar-refractivity contribution < 1.29 is 20.6 Å². The summed E-state index contributed by atoms with van der Waals surface area (Å²) in [4.78, 5) is 14.5. The van der Waals surface area contributed by atoms with Gasteiger partial charge in [-0.25, -0.2) is 15.0 Å². The molecule has 0 radical (unpaired) electrons. The fraction of sp³-hybridized carbons (Fsp3) is 0. The van der Waals surface area contributed by atoms with Crippen LogP contribution in [0.15, 0.2) is 200 Å². The van der Waals surface area contributed by atoms with Gasteiger partial charge in [0.15, 0.2) is 17.5 Å². The van der Waals surface area contributed by atoms with Crippen LogP contribution >= 0.6 is 0 Å². The summed E-state index contributed by atoms with van der Waals surface area (Å²) in [6.45, 7) is 0. The van der Waals surface area contributed by atoms with E-state index in [2.05, 4.69) is 0 Å². The highest BCUT2D eigenvalue weighted by atomic mass is 15.0. The Hall–Kier alpha value is -7.23. The van der Waals surface area contributed by atoms with E-state index in [1.807, 2.05) is 84.9 Å². The number of benzene rings is 9. The minimum absolute atomic E-state index is 0.139. The molecule has 0 atom stereocenters. The maximum Gasteiger partial charge on any atom is 0.164 e. The Labute approximate surface area is 335 Å². The molecule has 0 unspecified atom stereocenters. The van der Waals surface area contributed by atoms with Crippen molar-refractivity contribution >= 4 is 32.3 Å². The summed E-state index contributed by atoms with van der Waals surface area (Å²) in [5.74, 6) is 0.0340. The second kappa shape index (κ2) is 13.4. The van der Waals surface area contributed by atoms with E-state index in [1.54, 1.807) is 24.3 Å². The third kappa shape index (κ3) is 5.69. The molecular formula is C51H33N3. The van der Waals surface area contributed by atoms with E-state index in [0.717, 1.165) is 22.3 Å². The number of nitrogens with zero attached hydrogens (tertiary/aromatic N) is 3. The summed E-state index contributed by atoms with van der Waals surface area (Å²) in [5, 5.41) is -2.20. The maximum absolute atomic E-state index is 9.78. The van der Waals surface area contributed by atoms with Crippen molar-refractivity contribution in [3.63, 3.8) is 0 Å². The highest BCUT2D eigenvalue weighted by molar-refractivity contribution is 6.25. The molecule has 1 heterocycles. The lowest BCUT2D eigenvalue weighted by Gasteiger charge is -2.14. The molecule has 10 rings (SSSR count). The lowest BCUT2D eigenvalue weighted by Crippen LogP contribution is -2.01. The Morgan fingerprint density at radius 3 is 1.50 bits per heavy atom. The normalized spacial score (nSPS) is 15.2. The third-order valence-electron chi connectivity index (χ3n) is 9.15. The molecule has 1 aromatic heterocycles. The standard InChI is InChI=1S/C51H33N3/c1-3-15-34(16-4-1)36-19-13-21-39(31-36)41-23-7-12-28-47(41)51-53-49(35-17-5-2-6-18-35)52-50(54-51)40-22-14-20-37(32-40)38-29-30-46-44-26-9-8-24-42(44)43-25-10-11-27-45(43)48(46)33-38/h1-33H/i8D,9D,10D,11D,14D,20D,22D,24D,25D,26D,27D,29D,30D,32D,33D. The molecule has 0 N–H and O–H groups in total. The highest BCUT2D eigenvalue weighted by Gasteiger charge is 2.17. The quantitative estimate of drug-likeness (QED) is 0.162. The molecule has 10 aromatic rings. The number of rotatable bonds is 6. The summed E-state index contributed by atoms with van der Waals surface area (Å²) in [5.41, 5.74) is 3.19. The molecule has 3 nitrogen and oxygen atoms in total. The zero-order chi connectivity index (χ0) is 48.9. The van der Waals surface area contributed by atoms with Gasteiger partial charge in [-0.15, -0.1) is 0 Å². The molecule has 0 saturated carbocycles. The molecule has 0 amide bonds. The molecule has 0 aliphatic carbocycles. The first-order chi connectivity index (χ1) is 33.0. The van der Waals surface area contributed by atoms with Gasteiger partial charge in [0.2, 0.25) is 0 Å². The van der Waals surface area contributed by atoms with Crippen LogP contribution in [0.4, 0.5) is 0 Å². The third-order valence-corrected chi connectivity index (χ3v) is 9.15. The zero-order valence-electron chi connectivity index (χ0n) is 43.2. The van der Waals surface area contributed by atoms with Crippen LogP contribution in [-0.2, 0) is 0 Å². The molecular weight excluding hydrogens is 655 g/mol. The summed E-state index contributed by atoms with van der Waals surface area (Å²) >= 11 is 0. The highest BCUT2D eigenvalue weighted by Crippen LogP contribution is 2.38. The Balaban J connectivity index is 1.29. The summed E-state index contributed by atoms with van der Waals surface area (Å²) in [6.07, 6.45) is 0. The van der Waals surface area contributed by atoms with Crippen LogP contribution in [0.5, 0.6) is 0 Å². The Morgan fingerprint density at radius 1 is 0.296 bits per heavy atom. The van der Waals surface area contributed by atoms with Gasteiger partial charge >= 0.3 is 0 Å². The smallest absolute Gasteiger partial charge is 0.164 e. The van der Waals surface area contributed by atoms with E-state index in [0.29, 0.717) is 11.1 Å². The Kier molecular flexibility index (Phi) is 4.85. The van der Waals surface area contributed by atoms with Crippen LogP contribution in [0.3, 0.4) is 0 Å². The van der Waals surface area contributed by atoms with Crippen molar-refractivity contribution in [3.05, 3.63) is 200 Å². The average molecular weight is 703 g/mol. The SMILES string of the molecule is [2H]c1c([2H])c(-c2nc(-c3ccccc3)nc(-c3ccccc3-c3cccc(-c4ccccc4)c3)n2)c([2H])c(-c2c([2H])c([2H])c3c4c([2H])c([2H])c([2H])c([2H])c4c4c([2H])c([2H])c([2H])c([2H])c4c3c2[2H])c1[2H]. The van der Waals surface area contributed by atoms with Gasteiger partial charge < -0.3 is 0 Å². The molecule has 3 heteroatoms. The van der Waals surface area contributed by atoms with E-state index < -0.39 is 107 Å². The molecule has 0 aliphatic rings. The molecule has 0 spiro atoms. The Morgan fingerprint density at radius 2 is 0.796 bits per heavy atom. The first-order valence-corrected chi connectivity index (χ1v) is 17.1. The predicted molar refractivity (Wildman–Crippen MR) is 225 cm³/mol. The van der Waals surface area contributed by atoms with Crippen molar-refractivity contribution in [2.24, 2.45) is 0 Å². The summed E-state index contributed by atoms with van der Waals surface area (Å²) in [7, 11) is 0. The van der Waals surface area contributed by atoms with Gasteiger partial charge in [0.1, 0.15) is 0 Å². The van der Waals surface area contributed by atoms with Crippen molar-refractivity contribution in [1.29, 1.82) is 0 Å². The van der Waals surface area contributed by atoms with Gasteiger partial charge in [-0.1, -0.05) is 182 Å². The van der Waals surface area contributed by atoms with E-state index >= 15 is 0 Å². The van der Waals surface area contributed by atoms with Crippen LogP contribution in [0.1, 0.15) is 20.6 Å². The molecule has 54 heavy (non-hydrogen) atoms. The second-order valence-electron chi connectivity index (χ2n) is 12.4. The van der Waals surface area contributed by atoms with Gasteiger partial charge in [-0.05, 0) is 83.8 Å². The zero-order valence-corrected chi connectivity index (χ0v) is 28.2. The minimum atomic E-state index is -0.778. The first kappa shape index (κ1) is 19.6. The Bertz CT molecular complexity index is 3800. The van der Waals surface area contributed by atoms with Crippen LogP contribution in [0, 0.1) is 0 Å². The monoisotopic (exact) mass is 702 g/mol. The van der Waals surface area contributed by atoms with Crippen LogP contribution < -0.4 is 0 Å². The van der Waals surface area contributed by atoms with Gasteiger partial charge in [0, 0.05) is 16.7 Å². The fourth-order valence-electron chi connectivity index (χ4n) is 6.61. The molecule has 0 aliphatic heterocycles. The van der Waals surface area contributed by atoms with E-state index in [-0.39, 0.29) is 50.0 Å². The average Bonchev–Trinajstić information content (AvgIpc) is 3.37. The largest absolute Gasteiger partial charge is 0.208 e. The number of hydrogen-bond acceptors (Lipinski definition) is 3. The van der Waals surface area contributed by atoms with E-state index in [9.17, 15) is 8.22 Å². The van der Waals surface area contributed by atoms with Gasteiger partial charge in [-0.3, -0.25) is 0 Å². The van der Waals surface area contributed by atoms with Crippen molar-refractivity contribution in [3.8, 4) is 67.5 Å². The van der Waals surface area contributed by atoms with Gasteiger partial charge in [0.25, 0.3) is 0 Å². The number of aromatic nitrogens is 3. The van der Waals surface area contributed by atoms with E-state index in [4.69, 9.17) is 27.3 Å². The van der Waals surface area contributed by atoms with Crippen molar-refractivity contribution in [1.82, 2.24) is 15.0 Å². The van der Waals surface area contributed by atoms with Gasteiger partial charge in [0.05, 0.1) is 20.6 Å². The lowest BCUT2D eigenvalue weighted by atomic mass is 9.92. The van der Waals surface area contributed by atoms with Crippen LogP contribution in [0.25, 0.3) is 99.9 Å². The molecule has 0 saturated heterocycles. The lowest BCUT2D eigenvalue weighted by molar-refractivity contribution is 1.07. The van der Waals surface area contributed by atoms with E-state index in [1.165, 1.54) is 0 Å². The number of fused-ring (bicyclic) bond motifs is 6. The van der Waals surface area contributed by atoms with Crippen LogP contribution in [-0.4, -0.2) is 15.0 Å².